The second-order valence-corrected chi connectivity index (χ2v) is 5.34. The van der Waals surface area contributed by atoms with Gasteiger partial charge in [0.1, 0.15) is 13.2 Å². The topological polar surface area (TPSA) is 79.4 Å². The number of aromatic nitrogens is 2. The number of carbonyl (C=O) groups is 1. The quantitative estimate of drug-likeness (QED) is 0.934. The summed E-state index contributed by atoms with van der Waals surface area (Å²) < 4.78 is 13.0. The molecule has 0 radical (unpaired) electrons. The molecule has 1 aliphatic rings. The van der Waals surface area contributed by atoms with E-state index in [1.54, 1.807) is 0 Å². The Kier molecular flexibility index (Phi) is 3.75. The first-order valence-corrected chi connectivity index (χ1v) is 7.28. The van der Waals surface area contributed by atoms with Gasteiger partial charge in [0.15, 0.2) is 11.5 Å². The zero-order valence-electron chi connectivity index (χ0n) is 12.8. The van der Waals surface area contributed by atoms with E-state index in [-0.39, 0.29) is 12.3 Å². The molecule has 2 aromatic rings. The summed E-state index contributed by atoms with van der Waals surface area (Å²) in [5.41, 5.74) is 9.23. The van der Waals surface area contributed by atoms with Crippen LogP contribution in [-0.2, 0) is 11.3 Å². The number of hydrogen-bond acceptors (Lipinski definition) is 4. The molecule has 1 amide bonds. The van der Waals surface area contributed by atoms with E-state index in [1.165, 1.54) is 0 Å². The van der Waals surface area contributed by atoms with Crippen LogP contribution in [0.4, 0.5) is 0 Å². The molecule has 0 spiro atoms. The molecule has 2 heterocycles. The minimum atomic E-state index is -0.326. The second-order valence-electron chi connectivity index (χ2n) is 5.34. The first-order chi connectivity index (χ1) is 10.6. The molecule has 0 fully saturated rings. The summed E-state index contributed by atoms with van der Waals surface area (Å²) >= 11 is 0. The van der Waals surface area contributed by atoms with Crippen molar-refractivity contribution in [1.82, 2.24) is 9.78 Å². The van der Waals surface area contributed by atoms with E-state index in [9.17, 15) is 4.79 Å². The van der Waals surface area contributed by atoms with Crippen LogP contribution in [0.15, 0.2) is 18.2 Å². The number of ether oxygens (including phenoxy) is 2. The summed E-state index contributed by atoms with van der Waals surface area (Å²) in [6, 6.07) is 5.90. The van der Waals surface area contributed by atoms with Crippen LogP contribution in [0.1, 0.15) is 17.8 Å². The van der Waals surface area contributed by atoms with Gasteiger partial charge in [-0.05, 0) is 31.5 Å². The fourth-order valence-corrected chi connectivity index (χ4v) is 2.75. The van der Waals surface area contributed by atoms with Gasteiger partial charge in [-0.2, -0.15) is 5.10 Å². The van der Waals surface area contributed by atoms with Gasteiger partial charge in [-0.25, -0.2) is 0 Å². The van der Waals surface area contributed by atoms with Gasteiger partial charge in [-0.3, -0.25) is 9.48 Å². The number of hydrogen-bond donors (Lipinski definition) is 1. The number of amides is 1. The van der Waals surface area contributed by atoms with Gasteiger partial charge in [0.2, 0.25) is 5.91 Å². The molecule has 6 nitrogen and oxygen atoms in total. The van der Waals surface area contributed by atoms with E-state index in [0.717, 1.165) is 34.0 Å². The standard InChI is InChI=1S/C16H19N3O3/c1-10-16(11(2)19(18-10)6-5-15(17)20)12-3-4-13-14(9-12)22-8-7-21-13/h3-4,9H,5-8H2,1-2H3,(H2,17,20). The number of benzene rings is 1. The normalized spacial score (nSPS) is 13.2. The van der Waals surface area contributed by atoms with Crippen molar-refractivity contribution in [2.45, 2.75) is 26.8 Å². The van der Waals surface area contributed by atoms with Gasteiger partial charge < -0.3 is 15.2 Å². The van der Waals surface area contributed by atoms with E-state index in [0.29, 0.717) is 19.8 Å². The van der Waals surface area contributed by atoms with Gasteiger partial charge in [-0.15, -0.1) is 0 Å². The molecule has 1 aromatic carbocycles. The summed E-state index contributed by atoms with van der Waals surface area (Å²) in [6.45, 7) is 5.58. The zero-order valence-corrected chi connectivity index (χ0v) is 12.8. The molecule has 1 aromatic heterocycles. The highest BCUT2D eigenvalue weighted by Gasteiger charge is 2.17. The molecule has 0 saturated carbocycles. The van der Waals surface area contributed by atoms with Crippen molar-refractivity contribution in [3.8, 4) is 22.6 Å². The second kappa shape index (κ2) is 5.71. The highest BCUT2D eigenvalue weighted by Crippen LogP contribution is 2.36. The molecule has 2 N–H and O–H groups in total. The van der Waals surface area contributed by atoms with Gasteiger partial charge in [0, 0.05) is 24.2 Å². The molecule has 22 heavy (non-hydrogen) atoms. The van der Waals surface area contributed by atoms with E-state index in [2.05, 4.69) is 5.10 Å². The van der Waals surface area contributed by atoms with E-state index >= 15 is 0 Å². The number of rotatable bonds is 4. The number of carbonyl (C=O) groups excluding carboxylic acids is 1. The van der Waals surface area contributed by atoms with Crippen LogP contribution in [-0.4, -0.2) is 28.9 Å². The Morgan fingerprint density at radius 1 is 1.27 bits per heavy atom. The van der Waals surface area contributed by atoms with Gasteiger partial charge in [-0.1, -0.05) is 6.07 Å². The van der Waals surface area contributed by atoms with Crippen molar-refractivity contribution in [2.75, 3.05) is 13.2 Å². The van der Waals surface area contributed by atoms with Gasteiger partial charge in [0.25, 0.3) is 0 Å². The predicted octanol–water partition coefficient (Wildman–Crippen LogP) is 1.81. The Morgan fingerprint density at radius 2 is 2.00 bits per heavy atom. The maximum Gasteiger partial charge on any atom is 0.219 e. The Balaban J connectivity index is 1.96. The van der Waals surface area contributed by atoms with Gasteiger partial charge >= 0.3 is 0 Å². The largest absolute Gasteiger partial charge is 0.486 e. The SMILES string of the molecule is Cc1nn(CCC(N)=O)c(C)c1-c1ccc2c(c1)OCCO2. The van der Waals surface area contributed by atoms with Crippen molar-refractivity contribution >= 4 is 5.91 Å². The molecule has 0 aliphatic carbocycles. The van der Waals surface area contributed by atoms with Crippen molar-refractivity contribution in [2.24, 2.45) is 5.73 Å². The van der Waals surface area contributed by atoms with Crippen LogP contribution in [0.5, 0.6) is 11.5 Å². The molecule has 0 unspecified atom stereocenters. The fraction of sp³-hybridized carbons (Fsp3) is 0.375. The summed E-state index contributed by atoms with van der Waals surface area (Å²) in [5, 5.41) is 4.51. The highest BCUT2D eigenvalue weighted by atomic mass is 16.6. The summed E-state index contributed by atoms with van der Waals surface area (Å²) in [6.07, 6.45) is 0.280. The van der Waals surface area contributed by atoms with Crippen LogP contribution >= 0.6 is 0 Å². The van der Waals surface area contributed by atoms with Crippen molar-refractivity contribution in [1.29, 1.82) is 0 Å². The number of primary amides is 1. The predicted molar refractivity (Wildman–Crippen MR) is 81.9 cm³/mol. The Morgan fingerprint density at radius 3 is 2.73 bits per heavy atom. The molecule has 0 bridgehead atoms. The molecular formula is C16H19N3O3. The molecule has 0 saturated heterocycles. The third kappa shape index (κ3) is 2.64. The van der Waals surface area contributed by atoms with E-state index in [4.69, 9.17) is 15.2 Å². The minimum absolute atomic E-state index is 0.280. The zero-order chi connectivity index (χ0) is 15.7. The van der Waals surface area contributed by atoms with Crippen LogP contribution in [0.25, 0.3) is 11.1 Å². The Labute approximate surface area is 128 Å². The third-order valence-electron chi connectivity index (χ3n) is 3.78. The maximum absolute atomic E-state index is 11.0. The van der Waals surface area contributed by atoms with Crippen LogP contribution < -0.4 is 15.2 Å². The molecule has 3 rings (SSSR count). The number of aryl methyl sites for hydroxylation is 2. The fourth-order valence-electron chi connectivity index (χ4n) is 2.75. The highest BCUT2D eigenvalue weighted by molar-refractivity contribution is 5.74. The molecule has 1 aliphatic heterocycles. The van der Waals surface area contributed by atoms with Crippen molar-refractivity contribution in [3.05, 3.63) is 29.6 Å². The van der Waals surface area contributed by atoms with E-state index in [1.807, 2.05) is 36.7 Å². The first kappa shape index (κ1) is 14.4. The monoisotopic (exact) mass is 301 g/mol. The number of nitrogens with zero attached hydrogens (tertiary/aromatic N) is 2. The Hall–Kier alpha value is -2.50. The lowest BCUT2D eigenvalue weighted by atomic mass is 10.0. The number of nitrogens with two attached hydrogens (primary N) is 1. The number of fused-ring (bicyclic) bond motifs is 1. The molecule has 0 atom stereocenters. The molecule has 116 valence electrons. The van der Waals surface area contributed by atoms with E-state index < -0.39 is 0 Å². The summed E-state index contributed by atoms with van der Waals surface area (Å²) in [7, 11) is 0. The smallest absolute Gasteiger partial charge is 0.219 e. The van der Waals surface area contributed by atoms with Crippen molar-refractivity contribution < 1.29 is 14.3 Å². The lowest BCUT2D eigenvalue weighted by Gasteiger charge is -2.19. The average molecular weight is 301 g/mol. The lowest BCUT2D eigenvalue weighted by molar-refractivity contribution is -0.118. The summed E-state index contributed by atoms with van der Waals surface area (Å²) in [5.74, 6) is 1.20. The van der Waals surface area contributed by atoms with Crippen molar-refractivity contribution in [3.63, 3.8) is 0 Å². The summed E-state index contributed by atoms with van der Waals surface area (Å²) in [4.78, 5) is 11.0. The average Bonchev–Trinajstić information content (AvgIpc) is 2.79. The first-order valence-electron chi connectivity index (χ1n) is 7.28. The molecule has 6 heteroatoms. The van der Waals surface area contributed by atoms with Gasteiger partial charge in [0.05, 0.1) is 5.69 Å². The van der Waals surface area contributed by atoms with Crippen LogP contribution in [0, 0.1) is 13.8 Å². The Bertz CT molecular complexity index is 722. The van der Waals surface area contributed by atoms with Crippen LogP contribution in [0.2, 0.25) is 0 Å². The van der Waals surface area contributed by atoms with Crippen LogP contribution in [0.3, 0.4) is 0 Å². The minimum Gasteiger partial charge on any atom is -0.486 e. The third-order valence-corrected chi connectivity index (χ3v) is 3.78. The maximum atomic E-state index is 11.0. The lowest BCUT2D eigenvalue weighted by Crippen LogP contribution is -2.15. The molecular weight excluding hydrogens is 282 g/mol.